The quantitative estimate of drug-likeness (QED) is 0.205. The molecule has 0 spiro atoms. The number of nitrogens with one attached hydrogen (secondary N) is 3. The average Bonchev–Trinajstić information content (AvgIpc) is 3.17. The molecule has 0 radical (unpaired) electrons. The van der Waals surface area contributed by atoms with Crippen LogP contribution in [0.4, 0.5) is 11.4 Å². The van der Waals surface area contributed by atoms with Crippen molar-refractivity contribution in [2.75, 3.05) is 46.1 Å². The van der Waals surface area contributed by atoms with Crippen LogP contribution in [0.2, 0.25) is 0 Å². The van der Waals surface area contributed by atoms with Gasteiger partial charge in [-0.25, -0.2) is 0 Å². The molecule has 1 aliphatic carbocycles. The molecule has 28 heavy (non-hydrogen) atoms. The summed E-state index contributed by atoms with van der Waals surface area (Å²) in [5, 5.41) is 20.4. The van der Waals surface area contributed by atoms with Crippen LogP contribution in [0.25, 0.3) is 0 Å². The third kappa shape index (κ3) is 5.58. The number of carbonyl (C=O) groups is 1. The number of guanidine groups is 1. The van der Waals surface area contributed by atoms with Crippen LogP contribution in [-0.2, 0) is 4.79 Å². The Morgan fingerprint density at radius 1 is 1.18 bits per heavy atom. The topological polar surface area (TPSA) is 112 Å². The summed E-state index contributed by atoms with van der Waals surface area (Å²) in [7, 11) is 5.31. The predicted molar refractivity (Wildman–Crippen MR) is 111 cm³/mol. The summed E-state index contributed by atoms with van der Waals surface area (Å²) >= 11 is 0. The first-order valence-electron chi connectivity index (χ1n) is 9.52. The lowest BCUT2D eigenvalue weighted by molar-refractivity contribution is -0.384. The fourth-order valence-corrected chi connectivity index (χ4v) is 3.55. The van der Waals surface area contributed by atoms with Crippen molar-refractivity contribution in [3.05, 3.63) is 34.4 Å². The molecule has 0 saturated heterocycles. The maximum atomic E-state index is 12.6. The molecule has 1 aromatic rings. The fraction of sp³-hybridized carbons (Fsp3) is 0.579. The zero-order valence-corrected chi connectivity index (χ0v) is 16.8. The Bertz CT molecular complexity index is 696. The second-order valence-electron chi connectivity index (χ2n) is 7.27. The van der Waals surface area contributed by atoms with E-state index in [1.54, 1.807) is 38.2 Å². The normalized spacial score (nSPS) is 15.8. The van der Waals surface area contributed by atoms with Gasteiger partial charge in [0.2, 0.25) is 5.91 Å². The minimum absolute atomic E-state index is 0.0707. The lowest BCUT2D eigenvalue weighted by Gasteiger charge is -2.31. The van der Waals surface area contributed by atoms with Crippen molar-refractivity contribution >= 4 is 23.2 Å². The Balaban J connectivity index is 1.78. The van der Waals surface area contributed by atoms with E-state index in [-0.39, 0.29) is 17.0 Å². The van der Waals surface area contributed by atoms with Gasteiger partial charge in [0.1, 0.15) is 0 Å². The van der Waals surface area contributed by atoms with E-state index >= 15 is 0 Å². The van der Waals surface area contributed by atoms with Crippen molar-refractivity contribution in [3.8, 4) is 0 Å². The van der Waals surface area contributed by atoms with Gasteiger partial charge in [0.15, 0.2) is 5.96 Å². The monoisotopic (exact) mass is 390 g/mol. The number of non-ortho nitro benzene ring substituents is 1. The first kappa shape index (κ1) is 21.5. The minimum atomic E-state index is -0.418. The van der Waals surface area contributed by atoms with Gasteiger partial charge in [-0.1, -0.05) is 12.8 Å². The zero-order valence-electron chi connectivity index (χ0n) is 16.8. The van der Waals surface area contributed by atoms with E-state index in [2.05, 4.69) is 20.9 Å². The van der Waals surface area contributed by atoms with Gasteiger partial charge in [-0.2, -0.15) is 0 Å². The molecular formula is C19H30N6O3. The Morgan fingerprint density at radius 3 is 2.36 bits per heavy atom. The molecule has 154 valence electrons. The highest BCUT2D eigenvalue weighted by Gasteiger charge is 2.42. The van der Waals surface area contributed by atoms with Crippen LogP contribution in [-0.4, -0.2) is 62.5 Å². The van der Waals surface area contributed by atoms with E-state index < -0.39 is 4.92 Å². The van der Waals surface area contributed by atoms with E-state index in [4.69, 9.17) is 0 Å². The van der Waals surface area contributed by atoms with E-state index in [9.17, 15) is 14.9 Å². The fourth-order valence-electron chi connectivity index (χ4n) is 3.55. The summed E-state index contributed by atoms with van der Waals surface area (Å²) in [5.41, 5.74) is 0.538. The van der Waals surface area contributed by atoms with E-state index in [0.717, 1.165) is 31.4 Å². The van der Waals surface area contributed by atoms with Crippen molar-refractivity contribution in [2.45, 2.75) is 25.7 Å². The Hall–Kier alpha value is -2.84. The van der Waals surface area contributed by atoms with E-state index in [0.29, 0.717) is 25.6 Å². The molecular weight excluding hydrogens is 360 g/mol. The summed E-state index contributed by atoms with van der Waals surface area (Å²) in [6, 6.07) is 6.31. The van der Waals surface area contributed by atoms with Gasteiger partial charge in [0, 0.05) is 58.6 Å². The molecule has 1 amide bonds. The Labute approximate surface area is 165 Å². The van der Waals surface area contributed by atoms with E-state index in [1.165, 1.54) is 12.1 Å². The van der Waals surface area contributed by atoms with E-state index in [1.807, 2.05) is 0 Å². The van der Waals surface area contributed by atoms with Crippen molar-refractivity contribution in [3.63, 3.8) is 0 Å². The first-order valence-corrected chi connectivity index (χ1v) is 9.52. The number of benzene rings is 1. The van der Waals surface area contributed by atoms with Gasteiger partial charge in [0.25, 0.3) is 5.69 Å². The SMILES string of the molecule is CN=C(NCCNc1ccc([N+](=O)[O-])cc1)NCC1(C(=O)N(C)C)CCCC1. The van der Waals surface area contributed by atoms with Gasteiger partial charge in [-0.15, -0.1) is 0 Å². The molecule has 3 N–H and O–H groups in total. The minimum Gasteiger partial charge on any atom is -0.383 e. The van der Waals surface area contributed by atoms with Crippen molar-refractivity contribution < 1.29 is 9.72 Å². The van der Waals surface area contributed by atoms with Gasteiger partial charge in [0.05, 0.1) is 10.3 Å². The second-order valence-corrected chi connectivity index (χ2v) is 7.27. The number of amides is 1. The standard InChI is InChI=1S/C19H30N6O3/c1-20-18(23-14-19(10-4-5-11-19)17(26)24(2)3)22-13-12-21-15-6-8-16(9-7-15)25(27)28/h6-9,21H,4-5,10-14H2,1-3H3,(H2,20,22,23). The molecule has 1 aliphatic rings. The van der Waals surface area contributed by atoms with Crippen LogP contribution in [0.5, 0.6) is 0 Å². The predicted octanol–water partition coefficient (Wildman–Crippen LogP) is 1.82. The van der Waals surface area contributed by atoms with Gasteiger partial charge in [-0.05, 0) is 25.0 Å². The van der Waals surface area contributed by atoms with Crippen LogP contribution in [0, 0.1) is 15.5 Å². The maximum Gasteiger partial charge on any atom is 0.269 e. The van der Waals surface area contributed by atoms with Crippen LogP contribution >= 0.6 is 0 Å². The number of anilines is 1. The number of aliphatic imine (C=N–C) groups is 1. The second kappa shape index (κ2) is 9.91. The third-order valence-electron chi connectivity index (χ3n) is 5.06. The Morgan fingerprint density at radius 2 is 1.82 bits per heavy atom. The highest BCUT2D eigenvalue weighted by molar-refractivity contribution is 5.85. The van der Waals surface area contributed by atoms with Crippen LogP contribution < -0.4 is 16.0 Å². The Kier molecular flexibility index (Phi) is 7.60. The number of nitro groups is 1. The number of rotatable bonds is 8. The zero-order chi connectivity index (χ0) is 20.6. The molecule has 9 nitrogen and oxygen atoms in total. The lowest BCUT2D eigenvalue weighted by atomic mass is 9.84. The summed E-state index contributed by atoms with van der Waals surface area (Å²) < 4.78 is 0. The molecule has 0 atom stereocenters. The molecule has 2 rings (SSSR count). The number of carbonyl (C=O) groups excluding carboxylic acids is 1. The third-order valence-corrected chi connectivity index (χ3v) is 5.06. The van der Waals surface area contributed by atoms with Crippen LogP contribution in [0.15, 0.2) is 29.3 Å². The molecule has 1 aromatic carbocycles. The number of hydrogen-bond acceptors (Lipinski definition) is 5. The average molecular weight is 390 g/mol. The molecule has 0 unspecified atom stereocenters. The van der Waals surface area contributed by atoms with Gasteiger partial charge < -0.3 is 20.9 Å². The molecule has 0 aromatic heterocycles. The molecule has 0 bridgehead atoms. The summed E-state index contributed by atoms with van der Waals surface area (Å²) in [6.07, 6.45) is 3.95. The summed E-state index contributed by atoms with van der Waals surface area (Å²) in [5.74, 6) is 0.830. The lowest BCUT2D eigenvalue weighted by Crippen LogP contribution is -2.49. The molecule has 1 fully saturated rings. The van der Waals surface area contributed by atoms with Crippen molar-refractivity contribution in [1.29, 1.82) is 0 Å². The van der Waals surface area contributed by atoms with Gasteiger partial charge >= 0.3 is 0 Å². The van der Waals surface area contributed by atoms with Gasteiger partial charge in [-0.3, -0.25) is 19.9 Å². The van der Waals surface area contributed by atoms with Crippen LogP contribution in [0.1, 0.15) is 25.7 Å². The molecule has 0 heterocycles. The number of nitrogens with zero attached hydrogens (tertiary/aromatic N) is 3. The first-order chi connectivity index (χ1) is 13.4. The van der Waals surface area contributed by atoms with Crippen molar-refractivity contribution in [2.24, 2.45) is 10.4 Å². The molecule has 0 aliphatic heterocycles. The molecule has 1 saturated carbocycles. The van der Waals surface area contributed by atoms with Crippen LogP contribution in [0.3, 0.4) is 0 Å². The highest BCUT2D eigenvalue weighted by Crippen LogP contribution is 2.38. The van der Waals surface area contributed by atoms with Crippen molar-refractivity contribution in [1.82, 2.24) is 15.5 Å². The number of hydrogen-bond donors (Lipinski definition) is 3. The maximum absolute atomic E-state index is 12.6. The number of nitro benzene ring substituents is 1. The largest absolute Gasteiger partial charge is 0.383 e. The summed E-state index contributed by atoms with van der Waals surface area (Å²) in [6.45, 7) is 1.81. The summed E-state index contributed by atoms with van der Waals surface area (Å²) in [4.78, 5) is 28.8. The molecule has 9 heteroatoms. The smallest absolute Gasteiger partial charge is 0.269 e. The highest BCUT2D eigenvalue weighted by atomic mass is 16.6.